The highest BCUT2D eigenvalue weighted by Gasteiger charge is 2.23. The molecule has 0 aromatic carbocycles. The number of allylic oxidation sites excluding steroid dienone is 17. The van der Waals surface area contributed by atoms with E-state index in [9.17, 15) is 19.4 Å². The molecule has 0 radical (unpaired) electrons. The fourth-order valence-electron chi connectivity index (χ4n) is 6.66. The third-order valence-electron chi connectivity index (χ3n) is 10.7. The summed E-state index contributed by atoms with van der Waals surface area (Å²) in [5.41, 5.74) is 0. The summed E-state index contributed by atoms with van der Waals surface area (Å²) in [5, 5.41) is 13.8. The van der Waals surface area contributed by atoms with Crippen molar-refractivity contribution in [3.8, 4) is 0 Å². The SMILES string of the molecule is CC/C=C\C/C=C\C/C=C\C/C=C\C/C=C\C/C=C\CCCCCCC(=O)NC(COP(=O)([O-])OCC[N+](C)(C)C)C(O)/C=C/CC/C=C/CC/C=C/CCCCCCCCCCCC. The second kappa shape index (κ2) is 46.3. The molecule has 0 aromatic rings. The molecule has 3 unspecified atom stereocenters. The Morgan fingerprint density at radius 2 is 0.954 bits per heavy atom. The molecule has 0 aromatic heterocycles. The number of rotatable bonds is 45. The second-order valence-electron chi connectivity index (χ2n) is 18.1. The van der Waals surface area contributed by atoms with Crippen molar-refractivity contribution in [1.82, 2.24) is 5.32 Å². The van der Waals surface area contributed by atoms with Crippen LogP contribution in [-0.2, 0) is 18.4 Å². The summed E-state index contributed by atoms with van der Waals surface area (Å²) in [6.07, 6.45) is 67.2. The Bertz CT molecular complexity index is 1420. The topological polar surface area (TPSA) is 108 Å². The molecule has 1 amide bonds. The van der Waals surface area contributed by atoms with Crippen LogP contribution in [0.15, 0.2) is 109 Å². The van der Waals surface area contributed by atoms with Crippen molar-refractivity contribution < 1.29 is 32.9 Å². The van der Waals surface area contributed by atoms with Gasteiger partial charge < -0.3 is 28.8 Å². The Kier molecular flexibility index (Phi) is 44.3. The number of hydrogen-bond donors (Lipinski definition) is 2. The van der Waals surface area contributed by atoms with Gasteiger partial charge in [-0.2, -0.15) is 0 Å². The van der Waals surface area contributed by atoms with Gasteiger partial charge in [0, 0.05) is 6.42 Å². The van der Waals surface area contributed by atoms with Crippen LogP contribution in [0.1, 0.15) is 187 Å². The highest BCUT2D eigenvalue weighted by Crippen LogP contribution is 2.38. The minimum absolute atomic E-state index is 0.0208. The van der Waals surface area contributed by atoms with Gasteiger partial charge in [-0.15, -0.1) is 0 Å². The smallest absolute Gasteiger partial charge is 0.268 e. The summed E-state index contributed by atoms with van der Waals surface area (Å²) in [4.78, 5) is 25.4. The first-order chi connectivity index (χ1) is 31.5. The Balaban J connectivity index is 4.48. The Hall–Kier alpha value is -2.84. The van der Waals surface area contributed by atoms with Gasteiger partial charge in [0.1, 0.15) is 13.2 Å². The van der Waals surface area contributed by atoms with Crippen molar-refractivity contribution in [3.05, 3.63) is 109 Å². The lowest BCUT2D eigenvalue weighted by Gasteiger charge is -2.29. The van der Waals surface area contributed by atoms with E-state index in [2.05, 4.69) is 116 Å². The fraction of sp³-hybridized carbons (Fsp3) is 0.661. The summed E-state index contributed by atoms with van der Waals surface area (Å²) in [6, 6.07) is -0.932. The number of nitrogens with one attached hydrogen (secondary N) is 1. The van der Waals surface area contributed by atoms with E-state index in [0.717, 1.165) is 89.9 Å². The third-order valence-corrected chi connectivity index (χ3v) is 11.7. The van der Waals surface area contributed by atoms with E-state index >= 15 is 0 Å². The standard InChI is InChI=1S/C56H97N2O6P/c1-6-8-10-12-14-16-18-20-22-24-26-28-29-30-32-34-36-38-40-42-44-46-48-50-56(60)57-54(53-64-65(61,62)63-52-51-58(3,4)5)55(59)49-47-45-43-41-39-37-35-33-31-27-25-23-21-19-17-15-13-11-9-7-2/h8,10,14,16,20,22,26,28,30-33,36,38-39,41,47,49,54-55,59H,6-7,9,11-13,15,17-19,21,23-25,27,29,34-35,37,40,42-46,48,50-53H2,1-5H3,(H-,57,60,61,62)/b10-8-,16-14-,22-20-,28-26-,32-30-,33-31+,38-36-,41-39+,49-47+. The summed E-state index contributed by atoms with van der Waals surface area (Å²) >= 11 is 0. The number of phosphoric acid groups is 1. The lowest BCUT2D eigenvalue weighted by atomic mass is 10.1. The second-order valence-corrected chi connectivity index (χ2v) is 19.5. The van der Waals surface area contributed by atoms with Crippen LogP contribution in [0.5, 0.6) is 0 Å². The number of amides is 1. The number of unbranched alkanes of at least 4 members (excludes halogenated alkanes) is 16. The number of phosphoric ester groups is 1. The number of quaternary nitrogens is 1. The van der Waals surface area contributed by atoms with E-state index in [1.165, 1.54) is 70.6 Å². The molecule has 0 saturated heterocycles. The van der Waals surface area contributed by atoms with Crippen molar-refractivity contribution in [2.75, 3.05) is 40.9 Å². The summed E-state index contributed by atoms with van der Waals surface area (Å²) in [7, 11) is 1.20. The molecule has 2 N–H and O–H groups in total. The minimum Gasteiger partial charge on any atom is -0.756 e. The quantitative estimate of drug-likeness (QED) is 0.0273. The normalized spacial score (nSPS) is 15.0. The molecular weight excluding hydrogens is 828 g/mol. The van der Waals surface area contributed by atoms with E-state index in [1.807, 2.05) is 27.2 Å². The Morgan fingerprint density at radius 3 is 1.43 bits per heavy atom. The number of aliphatic hydroxyl groups is 1. The molecule has 0 heterocycles. The van der Waals surface area contributed by atoms with Crippen LogP contribution < -0.4 is 10.2 Å². The largest absolute Gasteiger partial charge is 0.756 e. The van der Waals surface area contributed by atoms with Crippen molar-refractivity contribution >= 4 is 13.7 Å². The van der Waals surface area contributed by atoms with Gasteiger partial charge in [-0.1, -0.05) is 194 Å². The molecule has 0 aliphatic rings. The van der Waals surface area contributed by atoms with Gasteiger partial charge in [-0.05, 0) is 96.3 Å². The first-order valence-corrected chi connectivity index (χ1v) is 27.2. The van der Waals surface area contributed by atoms with Gasteiger partial charge in [0.15, 0.2) is 0 Å². The van der Waals surface area contributed by atoms with Gasteiger partial charge in [0.25, 0.3) is 7.82 Å². The van der Waals surface area contributed by atoms with Crippen molar-refractivity contribution in [1.29, 1.82) is 0 Å². The van der Waals surface area contributed by atoms with Gasteiger partial charge in [0.2, 0.25) is 5.91 Å². The van der Waals surface area contributed by atoms with Gasteiger partial charge in [0.05, 0.1) is 39.9 Å². The van der Waals surface area contributed by atoms with Crippen molar-refractivity contribution in [2.45, 2.75) is 199 Å². The molecule has 0 rings (SSSR count). The maximum absolute atomic E-state index is 12.9. The van der Waals surface area contributed by atoms with Crippen LogP contribution in [-0.4, -0.2) is 68.5 Å². The molecule has 8 nitrogen and oxygen atoms in total. The first-order valence-electron chi connectivity index (χ1n) is 25.7. The molecule has 0 aliphatic heterocycles. The predicted octanol–water partition coefficient (Wildman–Crippen LogP) is 14.6. The summed E-state index contributed by atoms with van der Waals surface area (Å²) in [5.74, 6) is -0.241. The van der Waals surface area contributed by atoms with Crippen LogP contribution in [0, 0.1) is 0 Å². The third kappa shape index (κ3) is 48.9. The monoisotopic (exact) mass is 925 g/mol. The van der Waals surface area contributed by atoms with Gasteiger partial charge in [-0.3, -0.25) is 9.36 Å². The molecular formula is C56H97N2O6P. The van der Waals surface area contributed by atoms with Crippen LogP contribution in [0.25, 0.3) is 0 Å². The molecule has 0 bridgehead atoms. The molecule has 0 aliphatic carbocycles. The number of carbonyl (C=O) groups excluding carboxylic acids is 1. The summed E-state index contributed by atoms with van der Waals surface area (Å²) in [6.45, 7) is 4.46. The molecule has 9 heteroatoms. The number of carbonyl (C=O) groups is 1. The maximum atomic E-state index is 12.9. The van der Waals surface area contributed by atoms with E-state index in [-0.39, 0.29) is 12.5 Å². The lowest BCUT2D eigenvalue weighted by Crippen LogP contribution is -2.45. The zero-order valence-corrected chi connectivity index (χ0v) is 43.0. The van der Waals surface area contributed by atoms with Crippen LogP contribution in [0.4, 0.5) is 0 Å². The zero-order chi connectivity index (χ0) is 47.8. The van der Waals surface area contributed by atoms with Crippen molar-refractivity contribution in [3.63, 3.8) is 0 Å². The van der Waals surface area contributed by atoms with Crippen LogP contribution in [0.3, 0.4) is 0 Å². The van der Waals surface area contributed by atoms with Gasteiger partial charge in [-0.25, -0.2) is 0 Å². The van der Waals surface area contributed by atoms with E-state index in [4.69, 9.17) is 9.05 Å². The highest BCUT2D eigenvalue weighted by molar-refractivity contribution is 7.45. The van der Waals surface area contributed by atoms with E-state index in [1.54, 1.807) is 6.08 Å². The molecule has 0 fully saturated rings. The number of nitrogens with zero attached hydrogens (tertiary/aromatic N) is 1. The number of hydrogen-bond acceptors (Lipinski definition) is 6. The number of likely N-dealkylation sites (N-methyl/N-ethyl adjacent to an activating group) is 1. The lowest BCUT2D eigenvalue weighted by molar-refractivity contribution is -0.870. The average Bonchev–Trinajstić information content (AvgIpc) is 3.26. The summed E-state index contributed by atoms with van der Waals surface area (Å²) < 4.78 is 23.2. The average molecular weight is 925 g/mol. The molecule has 0 spiro atoms. The molecule has 65 heavy (non-hydrogen) atoms. The molecule has 3 atom stereocenters. The van der Waals surface area contributed by atoms with Crippen molar-refractivity contribution in [2.24, 2.45) is 0 Å². The first kappa shape index (κ1) is 62.2. The zero-order valence-electron chi connectivity index (χ0n) is 42.1. The van der Waals surface area contributed by atoms with E-state index < -0.39 is 26.6 Å². The molecule has 372 valence electrons. The predicted molar refractivity (Wildman–Crippen MR) is 279 cm³/mol. The van der Waals surface area contributed by atoms with E-state index in [0.29, 0.717) is 23.9 Å². The fourth-order valence-corrected chi connectivity index (χ4v) is 7.38. The Labute approximate surface area is 400 Å². The maximum Gasteiger partial charge on any atom is 0.268 e. The number of aliphatic hydroxyl groups excluding tert-OH is 1. The minimum atomic E-state index is -4.62. The molecule has 0 saturated carbocycles. The highest BCUT2D eigenvalue weighted by atomic mass is 31.2. The van der Waals surface area contributed by atoms with Gasteiger partial charge >= 0.3 is 0 Å². The van der Waals surface area contributed by atoms with Crippen LogP contribution >= 0.6 is 7.82 Å². The Morgan fingerprint density at radius 1 is 0.554 bits per heavy atom. The van der Waals surface area contributed by atoms with Crippen LogP contribution in [0.2, 0.25) is 0 Å².